The van der Waals surface area contributed by atoms with Crippen molar-refractivity contribution >= 4 is 29.9 Å². The molecule has 0 aliphatic carbocycles. The number of rotatable bonds is 8. The Kier molecular flexibility index (Phi) is 11.7. The molecule has 2 rings (SSSR count). The van der Waals surface area contributed by atoms with E-state index in [4.69, 9.17) is 4.74 Å². The predicted molar refractivity (Wildman–Crippen MR) is 121 cm³/mol. The highest BCUT2D eigenvalue weighted by Crippen LogP contribution is 2.19. The van der Waals surface area contributed by atoms with Gasteiger partial charge in [-0.25, -0.2) is 0 Å². The smallest absolute Gasteiger partial charge is 0.190 e. The Balaban J connectivity index is 0.00000338. The summed E-state index contributed by atoms with van der Waals surface area (Å²) in [6.07, 6.45) is 4.87. The van der Waals surface area contributed by atoms with Crippen molar-refractivity contribution < 1.29 is 4.74 Å². The number of halogens is 1. The zero-order valence-electron chi connectivity index (χ0n) is 16.5. The van der Waals surface area contributed by atoms with Crippen LogP contribution < -0.4 is 15.4 Å². The van der Waals surface area contributed by atoms with E-state index in [0.717, 1.165) is 37.1 Å². The van der Waals surface area contributed by atoms with E-state index in [1.54, 1.807) is 7.11 Å². The van der Waals surface area contributed by atoms with Crippen LogP contribution in [0.15, 0.2) is 29.3 Å². The molecule has 6 heteroatoms. The molecule has 0 unspecified atom stereocenters. The van der Waals surface area contributed by atoms with Crippen molar-refractivity contribution in [2.75, 3.05) is 46.9 Å². The van der Waals surface area contributed by atoms with E-state index in [2.05, 4.69) is 39.6 Å². The first-order valence-corrected chi connectivity index (χ1v) is 9.55. The van der Waals surface area contributed by atoms with E-state index in [0.29, 0.717) is 0 Å². The highest BCUT2D eigenvalue weighted by Gasteiger charge is 2.17. The second-order valence-corrected chi connectivity index (χ2v) is 6.69. The monoisotopic (exact) mass is 474 g/mol. The molecule has 1 aliphatic heterocycles. The summed E-state index contributed by atoms with van der Waals surface area (Å²) in [5.41, 5.74) is 1.30. The van der Waals surface area contributed by atoms with Crippen LogP contribution in [0.3, 0.4) is 0 Å². The molecule has 1 aromatic rings. The lowest BCUT2D eigenvalue weighted by Crippen LogP contribution is -2.40. The molecule has 0 saturated carbocycles. The van der Waals surface area contributed by atoms with Crippen LogP contribution >= 0.6 is 24.0 Å². The van der Waals surface area contributed by atoms with Gasteiger partial charge in [-0.2, -0.15) is 0 Å². The van der Waals surface area contributed by atoms with Crippen LogP contribution in [0.5, 0.6) is 5.75 Å². The fraction of sp³-hybridized carbons (Fsp3) is 0.650. The van der Waals surface area contributed by atoms with Gasteiger partial charge in [0.15, 0.2) is 5.96 Å². The highest BCUT2D eigenvalue weighted by atomic mass is 127. The minimum absolute atomic E-state index is 0. The van der Waals surface area contributed by atoms with E-state index >= 15 is 0 Å². The molecule has 1 saturated heterocycles. The zero-order chi connectivity index (χ0) is 17.9. The van der Waals surface area contributed by atoms with Gasteiger partial charge in [-0.1, -0.05) is 19.1 Å². The quantitative estimate of drug-likeness (QED) is 0.346. The maximum absolute atomic E-state index is 5.19. The number of likely N-dealkylation sites (tertiary alicyclic amines) is 1. The lowest BCUT2D eigenvalue weighted by molar-refractivity contribution is 0.187. The first-order valence-electron chi connectivity index (χ1n) is 9.55. The first kappa shape index (κ1) is 23.0. The van der Waals surface area contributed by atoms with Crippen LogP contribution in [0.25, 0.3) is 0 Å². The number of benzene rings is 1. The van der Waals surface area contributed by atoms with Crippen molar-refractivity contribution in [2.24, 2.45) is 10.9 Å². The Morgan fingerprint density at radius 2 is 1.81 bits per heavy atom. The van der Waals surface area contributed by atoms with Gasteiger partial charge in [-0.05, 0) is 68.9 Å². The Bertz CT molecular complexity index is 513. The summed E-state index contributed by atoms with van der Waals surface area (Å²) < 4.78 is 5.19. The van der Waals surface area contributed by atoms with E-state index in [9.17, 15) is 0 Å². The predicted octanol–water partition coefficient (Wildman–Crippen LogP) is 3.14. The first-order chi connectivity index (χ1) is 12.2. The number of nitrogens with zero attached hydrogens (tertiary/aromatic N) is 2. The van der Waals surface area contributed by atoms with Crippen LogP contribution in [0.4, 0.5) is 0 Å². The Morgan fingerprint density at radius 3 is 2.38 bits per heavy atom. The maximum atomic E-state index is 5.19. The topological polar surface area (TPSA) is 48.9 Å². The molecule has 1 aliphatic rings. The van der Waals surface area contributed by atoms with E-state index < -0.39 is 0 Å². The second kappa shape index (κ2) is 13.2. The molecule has 1 heterocycles. The fourth-order valence-corrected chi connectivity index (χ4v) is 3.32. The largest absolute Gasteiger partial charge is 0.497 e. The molecule has 5 nitrogen and oxygen atoms in total. The summed E-state index contributed by atoms with van der Waals surface area (Å²) in [5.74, 6) is 2.66. The van der Waals surface area contributed by atoms with Crippen LogP contribution in [-0.4, -0.2) is 57.7 Å². The van der Waals surface area contributed by atoms with Gasteiger partial charge in [0, 0.05) is 20.1 Å². The summed E-state index contributed by atoms with van der Waals surface area (Å²) in [5, 5.41) is 6.85. The molecule has 1 aromatic carbocycles. The highest BCUT2D eigenvalue weighted by molar-refractivity contribution is 14.0. The summed E-state index contributed by atoms with van der Waals surface area (Å²) in [6, 6.07) is 8.23. The minimum Gasteiger partial charge on any atom is -0.497 e. The molecule has 0 bridgehead atoms. The lowest BCUT2D eigenvalue weighted by Gasteiger charge is -2.31. The van der Waals surface area contributed by atoms with Crippen molar-refractivity contribution in [3.05, 3.63) is 29.8 Å². The van der Waals surface area contributed by atoms with Gasteiger partial charge in [0.25, 0.3) is 0 Å². The van der Waals surface area contributed by atoms with Gasteiger partial charge in [0.05, 0.1) is 7.11 Å². The normalized spacial score (nSPS) is 16.0. The Labute approximate surface area is 176 Å². The Hall–Kier alpha value is -1.02. The van der Waals surface area contributed by atoms with Crippen LogP contribution in [-0.2, 0) is 6.42 Å². The van der Waals surface area contributed by atoms with Crippen molar-refractivity contribution in [3.63, 3.8) is 0 Å². The third-order valence-corrected chi connectivity index (χ3v) is 5.09. The van der Waals surface area contributed by atoms with Crippen LogP contribution in [0, 0.1) is 5.92 Å². The number of nitrogens with one attached hydrogen (secondary N) is 2. The number of guanidine groups is 1. The standard InChI is InChI=1S/C20H34N4O.HI/c1-4-24-15-11-18(12-16-24)10-14-23-20(21-2)22-13-9-17-5-7-19(25-3)8-6-17;/h5-8,18H,4,9-16H2,1-3H3,(H2,21,22,23);1H. The van der Waals surface area contributed by atoms with Gasteiger partial charge in [-0.15, -0.1) is 24.0 Å². The third kappa shape index (κ3) is 8.12. The van der Waals surface area contributed by atoms with Gasteiger partial charge in [0.1, 0.15) is 5.75 Å². The second-order valence-electron chi connectivity index (χ2n) is 6.69. The van der Waals surface area contributed by atoms with Crippen molar-refractivity contribution in [1.82, 2.24) is 15.5 Å². The number of aliphatic imine (C=N–C) groups is 1. The van der Waals surface area contributed by atoms with E-state index in [1.807, 2.05) is 19.2 Å². The average Bonchev–Trinajstić information content (AvgIpc) is 2.67. The molecule has 0 atom stereocenters. The van der Waals surface area contributed by atoms with Crippen LogP contribution in [0.2, 0.25) is 0 Å². The third-order valence-electron chi connectivity index (χ3n) is 5.09. The Morgan fingerprint density at radius 1 is 1.15 bits per heavy atom. The summed E-state index contributed by atoms with van der Waals surface area (Å²) in [4.78, 5) is 6.87. The molecule has 1 fully saturated rings. The van der Waals surface area contributed by atoms with E-state index in [-0.39, 0.29) is 24.0 Å². The summed E-state index contributed by atoms with van der Waals surface area (Å²) in [6.45, 7) is 7.84. The van der Waals surface area contributed by atoms with Crippen LogP contribution in [0.1, 0.15) is 31.7 Å². The molecule has 0 spiro atoms. The van der Waals surface area contributed by atoms with Crippen molar-refractivity contribution in [1.29, 1.82) is 0 Å². The number of hydrogen-bond acceptors (Lipinski definition) is 3. The molecule has 148 valence electrons. The van der Waals surface area contributed by atoms with Gasteiger partial charge in [0.2, 0.25) is 0 Å². The number of hydrogen-bond donors (Lipinski definition) is 2. The molecular weight excluding hydrogens is 439 g/mol. The van der Waals surface area contributed by atoms with Gasteiger partial charge in [-0.3, -0.25) is 4.99 Å². The molecule has 26 heavy (non-hydrogen) atoms. The van der Waals surface area contributed by atoms with Gasteiger partial charge < -0.3 is 20.3 Å². The van der Waals surface area contributed by atoms with E-state index in [1.165, 1.54) is 44.5 Å². The summed E-state index contributed by atoms with van der Waals surface area (Å²) >= 11 is 0. The average molecular weight is 474 g/mol. The zero-order valence-corrected chi connectivity index (χ0v) is 18.8. The van der Waals surface area contributed by atoms with Crippen molar-refractivity contribution in [3.8, 4) is 5.75 Å². The number of piperidine rings is 1. The number of ether oxygens (including phenoxy) is 1. The SMILES string of the molecule is CCN1CCC(CCNC(=NC)NCCc2ccc(OC)cc2)CC1.I. The molecule has 0 aromatic heterocycles. The fourth-order valence-electron chi connectivity index (χ4n) is 3.32. The maximum Gasteiger partial charge on any atom is 0.190 e. The molecule has 2 N–H and O–H groups in total. The molecule has 0 amide bonds. The minimum atomic E-state index is 0. The summed E-state index contributed by atoms with van der Waals surface area (Å²) in [7, 11) is 3.53. The lowest BCUT2D eigenvalue weighted by atomic mass is 9.93. The molecule has 0 radical (unpaired) electrons. The molecular formula is C20H35IN4O. The van der Waals surface area contributed by atoms with Crippen molar-refractivity contribution in [2.45, 2.75) is 32.6 Å². The van der Waals surface area contributed by atoms with Gasteiger partial charge >= 0.3 is 0 Å². The number of methoxy groups -OCH3 is 1.